The first-order valence-electron chi connectivity index (χ1n) is 10.2. The predicted octanol–water partition coefficient (Wildman–Crippen LogP) is 2.21. The van der Waals surface area contributed by atoms with Crippen LogP contribution in [0, 0.1) is 6.92 Å². The molecule has 1 aliphatic heterocycles. The number of benzene rings is 2. The summed E-state index contributed by atoms with van der Waals surface area (Å²) in [5.41, 5.74) is 7.13. The molecule has 1 fully saturated rings. The fourth-order valence-electron chi connectivity index (χ4n) is 3.45. The lowest BCUT2D eigenvalue weighted by Crippen LogP contribution is -2.35. The Labute approximate surface area is 182 Å². The molecule has 2 aromatic carbocycles. The Kier molecular flexibility index (Phi) is 7.29. The molecule has 1 aliphatic rings. The van der Waals surface area contributed by atoms with Gasteiger partial charge in [0.1, 0.15) is 5.75 Å². The lowest BCUT2D eigenvalue weighted by molar-refractivity contribution is -0.118. The molecule has 1 saturated heterocycles. The monoisotopic (exact) mass is 445 g/mol. The number of rotatable bonds is 8. The van der Waals surface area contributed by atoms with Crippen LogP contribution in [-0.2, 0) is 26.0 Å². The number of hydrogen-bond donors (Lipinski definition) is 2. The van der Waals surface area contributed by atoms with Gasteiger partial charge in [-0.15, -0.1) is 0 Å². The van der Waals surface area contributed by atoms with Crippen molar-refractivity contribution in [2.45, 2.75) is 37.5 Å². The second kappa shape index (κ2) is 9.93. The van der Waals surface area contributed by atoms with Crippen molar-refractivity contribution in [3.05, 3.63) is 53.6 Å². The van der Waals surface area contributed by atoms with Crippen molar-refractivity contribution in [1.29, 1.82) is 0 Å². The number of aryl methyl sites for hydroxylation is 1. The largest absolute Gasteiger partial charge is 0.483 e. The molecule has 3 N–H and O–H groups in total. The summed E-state index contributed by atoms with van der Waals surface area (Å²) in [5.74, 6) is -0.327. The average molecular weight is 446 g/mol. The minimum Gasteiger partial charge on any atom is -0.483 e. The third kappa shape index (κ3) is 6.05. The highest BCUT2D eigenvalue weighted by Crippen LogP contribution is 2.26. The molecule has 166 valence electrons. The van der Waals surface area contributed by atoms with E-state index in [0.29, 0.717) is 30.1 Å². The average Bonchev–Trinajstić information content (AvgIpc) is 2.74. The van der Waals surface area contributed by atoms with E-state index >= 15 is 0 Å². The summed E-state index contributed by atoms with van der Waals surface area (Å²) in [6, 6.07) is 11.5. The Morgan fingerprint density at radius 1 is 1.06 bits per heavy atom. The zero-order chi connectivity index (χ0) is 22.4. The van der Waals surface area contributed by atoms with E-state index in [-0.39, 0.29) is 23.8 Å². The number of hydrogen-bond acceptors (Lipinski definition) is 5. The van der Waals surface area contributed by atoms with Gasteiger partial charge in [0.25, 0.3) is 5.91 Å². The number of nitrogens with one attached hydrogen (secondary N) is 1. The van der Waals surface area contributed by atoms with Crippen molar-refractivity contribution in [3.8, 4) is 5.75 Å². The number of nitrogens with zero attached hydrogens (tertiary/aromatic N) is 1. The number of anilines is 1. The zero-order valence-electron chi connectivity index (χ0n) is 17.5. The van der Waals surface area contributed by atoms with Crippen LogP contribution in [0.4, 0.5) is 5.69 Å². The summed E-state index contributed by atoms with van der Waals surface area (Å²) < 4.78 is 32.7. The van der Waals surface area contributed by atoms with Gasteiger partial charge in [-0.1, -0.05) is 18.6 Å². The van der Waals surface area contributed by atoms with Gasteiger partial charge in [-0.2, -0.15) is 4.31 Å². The summed E-state index contributed by atoms with van der Waals surface area (Å²) >= 11 is 0. The van der Waals surface area contributed by atoms with E-state index in [9.17, 15) is 18.0 Å². The van der Waals surface area contributed by atoms with Crippen LogP contribution in [0.15, 0.2) is 47.4 Å². The first-order valence-corrected chi connectivity index (χ1v) is 11.6. The second-order valence-electron chi connectivity index (χ2n) is 7.57. The van der Waals surface area contributed by atoms with Gasteiger partial charge in [0.05, 0.1) is 11.3 Å². The lowest BCUT2D eigenvalue weighted by Gasteiger charge is -2.26. The van der Waals surface area contributed by atoms with Gasteiger partial charge in [0, 0.05) is 18.8 Å². The number of nitrogens with two attached hydrogens (primary N) is 1. The molecule has 0 spiro atoms. The van der Waals surface area contributed by atoms with Crippen LogP contribution < -0.4 is 15.8 Å². The van der Waals surface area contributed by atoms with Crippen LogP contribution in [-0.4, -0.2) is 44.2 Å². The molecule has 0 bridgehead atoms. The molecule has 0 radical (unpaired) electrons. The van der Waals surface area contributed by atoms with E-state index in [4.69, 9.17) is 10.5 Å². The fraction of sp³-hybridized carbons (Fsp3) is 0.364. The minimum atomic E-state index is -3.51. The van der Waals surface area contributed by atoms with Crippen LogP contribution in [0.25, 0.3) is 0 Å². The fourth-order valence-corrected chi connectivity index (χ4v) is 5.05. The minimum absolute atomic E-state index is 0.139. The molecule has 3 rings (SSSR count). The highest BCUT2D eigenvalue weighted by molar-refractivity contribution is 7.89. The molecule has 0 aliphatic carbocycles. The zero-order valence-corrected chi connectivity index (χ0v) is 18.3. The van der Waals surface area contributed by atoms with Gasteiger partial charge in [-0.05, 0) is 61.2 Å². The number of carbonyl (C=O) groups is 2. The van der Waals surface area contributed by atoms with E-state index in [0.717, 1.165) is 24.8 Å². The summed E-state index contributed by atoms with van der Waals surface area (Å²) in [4.78, 5) is 23.4. The Morgan fingerprint density at radius 2 is 1.74 bits per heavy atom. The van der Waals surface area contributed by atoms with E-state index < -0.39 is 15.9 Å². The van der Waals surface area contributed by atoms with Gasteiger partial charge in [-0.25, -0.2) is 8.42 Å². The SMILES string of the molecule is Cc1cc(S(=O)(=O)N2CCCCC2)ccc1OCC(=O)Nc1ccc(CC(N)=O)cc1. The van der Waals surface area contributed by atoms with Crippen molar-refractivity contribution in [2.75, 3.05) is 25.0 Å². The molecule has 2 aromatic rings. The van der Waals surface area contributed by atoms with Crippen LogP contribution >= 0.6 is 0 Å². The quantitative estimate of drug-likeness (QED) is 0.646. The molecular formula is C22H27N3O5S. The summed E-state index contributed by atoms with van der Waals surface area (Å²) in [6.45, 7) is 2.62. The molecule has 0 unspecified atom stereocenters. The van der Waals surface area contributed by atoms with E-state index in [2.05, 4.69) is 5.32 Å². The third-order valence-corrected chi connectivity index (χ3v) is 6.97. The second-order valence-corrected chi connectivity index (χ2v) is 9.51. The number of ether oxygens (including phenoxy) is 1. The van der Waals surface area contributed by atoms with E-state index in [1.165, 1.54) is 10.4 Å². The van der Waals surface area contributed by atoms with E-state index in [1.54, 1.807) is 43.3 Å². The van der Waals surface area contributed by atoms with Gasteiger partial charge in [0.2, 0.25) is 15.9 Å². The van der Waals surface area contributed by atoms with Gasteiger partial charge < -0.3 is 15.8 Å². The van der Waals surface area contributed by atoms with Crippen molar-refractivity contribution in [3.63, 3.8) is 0 Å². The molecule has 9 heteroatoms. The van der Waals surface area contributed by atoms with Gasteiger partial charge in [-0.3, -0.25) is 9.59 Å². The maximum atomic E-state index is 12.8. The molecule has 0 saturated carbocycles. The van der Waals surface area contributed by atoms with Gasteiger partial charge >= 0.3 is 0 Å². The first-order chi connectivity index (χ1) is 14.8. The maximum Gasteiger partial charge on any atom is 0.262 e. The molecule has 1 heterocycles. The Balaban J connectivity index is 1.57. The summed E-state index contributed by atoms with van der Waals surface area (Å²) in [7, 11) is -3.51. The number of sulfonamides is 1. The molecule has 31 heavy (non-hydrogen) atoms. The Hall–Kier alpha value is -2.91. The molecule has 0 aromatic heterocycles. The highest BCUT2D eigenvalue weighted by atomic mass is 32.2. The molecule has 0 atom stereocenters. The molecular weight excluding hydrogens is 418 g/mol. The van der Waals surface area contributed by atoms with E-state index in [1.807, 2.05) is 0 Å². The van der Waals surface area contributed by atoms with Crippen molar-refractivity contribution >= 4 is 27.5 Å². The van der Waals surface area contributed by atoms with Crippen LogP contribution in [0.2, 0.25) is 0 Å². The molecule has 2 amide bonds. The van der Waals surface area contributed by atoms with Crippen molar-refractivity contribution < 1.29 is 22.7 Å². The topological polar surface area (TPSA) is 119 Å². The standard InChI is InChI=1S/C22H27N3O5S/c1-16-13-19(31(28,29)25-11-3-2-4-12-25)9-10-20(16)30-15-22(27)24-18-7-5-17(6-8-18)14-21(23)26/h5-10,13H,2-4,11-12,14-15H2,1H3,(H2,23,26)(H,24,27). The third-order valence-electron chi connectivity index (χ3n) is 5.07. The van der Waals surface area contributed by atoms with Crippen molar-refractivity contribution in [2.24, 2.45) is 5.73 Å². The lowest BCUT2D eigenvalue weighted by atomic mass is 10.1. The Bertz CT molecular complexity index is 1050. The van der Waals surface area contributed by atoms with Crippen LogP contribution in [0.3, 0.4) is 0 Å². The maximum absolute atomic E-state index is 12.8. The van der Waals surface area contributed by atoms with Crippen LogP contribution in [0.1, 0.15) is 30.4 Å². The normalized spacial score (nSPS) is 14.7. The number of carbonyl (C=O) groups excluding carboxylic acids is 2. The highest BCUT2D eigenvalue weighted by Gasteiger charge is 2.26. The smallest absolute Gasteiger partial charge is 0.262 e. The molecule has 8 nitrogen and oxygen atoms in total. The number of piperidine rings is 1. The number of primary amides is 1. The van der Waals surface area contributed by atoms with Crippen molar-refractivity contribution in [1.82, 2.24) is 4.31 Å². The summed E-state index contributed by atoms with van der Waals surface area (Å²) in [6.07, 6.45) is 2.95. The Morgan fingerprint density at radius 3 is 2.35 bits per heavy atom. The first kappa shape index (κ1) is 22.8. The van der Waals surface area contributed by atoms with Crippen LogP contribution in [0.5, 0.6) is 5.75 Å². The number of amides is 2. The summed E-state index contributed by atoms with van der Waals surface area (Å²) in [5, 5.41) is 2.71. The predicted molar refractivity (Wildman–Crippen MR) is 117 cm³/mol. The van der Waals surface area contributed by atoms with Gasteiger partial charge in [0.15, 0.2) is 6.61 Å².